The summed E-state index contributed by atoms with van der Waals surface area (Å²) in [6, 6.07) is 0.263. The van der Waals surface area contributed by atoms with Gasteiger partial charge < -0.3 is 10.2 Å². The lowest BCUT2D eigenvalue weighted by molar-refractivity contribution is -0.129. The molecule has 0 bridgehead atoms. The van der Waals surface area contributed by atoms with Crippen molar-refractivity contribution in [1.29, 1.82) is 0 Å². The molecular formula is C8H14N2O. The zero-order valence-corrected chi connectivity index (χ0v) is 7.00. The first kappa shape index (κ1) is 8.11. The first-order chi connectivity index (χ1) is 5.22. The van der Waals surface area contributed by atoms with Crippen molar-refractivity contribution in [3.8, 4) is 0 Å². The Balaban J connectivity index is 2.65. The van der Waals surface area contributed by atoms with Gasteiger partial charge >= 0.3 is 0 Å². The summed E-state index contributed by atoms with van der Waals surface area (Å²) in [5.74, 6) is 0.196. The summed E-state index contributed by atoms with van der Waals surface area (Å²) in [6.45, 7) is 4.76. The Morgan fingerprint density at radius 1 is 1.64 bits per heavy atom. The molecule has 0 unspecified atom stereocenters. The van der Waals surface area contributed by atoms with E-state index in [1.807, 2.05) is 20.0 Å². The molecule has 0 aromatic carbocycles. The Kier molecular flexibility index (Phi) is 2.52. The first-order valence-electron chi connectivity index (χ1n) is 3.93. The molecule has 3 nitrogen and oxygen atoms in total. The number of hydrogen-bond acceptors (Lipinski definition) is 2. The summed E-state index contributed by atoms with van der Waals surface area (Å²) in [4.78, 5) is 13.0. The highest BCUT2D eigenvalue weighted by molar-refractivity contribution is 5.78. The van der Waals surface area contributed by atoms with Crippen molar-refractivity contribution in [1.82, 2.24) is 10.2 Å². The number of nitrogens with one attached hydrogen (secondary N) is 1. The molecule has 0 aromatic heterocycles. The molecule has 0 radical (unpaired) electrons. The molecule has 0 aliphatic carbocycles. The highest BCUT2D eigenvalue weighted by Gasteiger charge is 2.14. The van der Waals surface area contributed by atoms with E-state index < -0.39 is 0 Å². The lowest BCUT2D eigenvalue weighted by Gasteiger charge is -2.20. The van der Waals surface area contributed by atoms with E-state index in [9.17, 15) is 4.79 Å². The summed E-state index contributed by atoms with van der Waals surface area (Å²) in [5.41, 5.74) is 0. The maximum absolute atomic E-state index is 11.3. The van der Waals surface area contributed by atoms with E-state index in [0.717, 1.165) is 6.54 Å². The van der Waals surface area contributed by atoms with Gasteiger partial charge in [0.25, 0.3) is 0 Å². The van der Waals surface area contributed by atoms with Crippen LogP contribution in [0.5, 0.6) is 0 Å². The predicted molar refractivity (Wildman–Crippen MR) is 43.7 cm³/mol. The molecule has 1 N–H and O–H groups in total. The Bertz CT molecular complexity index is 175. The Morgan fingerprint density at radius 3 is 3.00 bits per heavy atom. The molecule has 1 amide bonds. The van der Waals surface area contributed by atoms with E-state index >= 15 is 0 Å². The third-order valence-corrected chi connectivity index (χ3v) is 1.68. The summed E-state index contributed by atoms with van der Waals surface area (Å²) in [6.07, 6.45) is 4.22. The van der Waals surface area contributed by atoms with Gasteiger partial charge in [0.15, 0.2) is 0 Å². The van der Waals surface area contributed by atoms with Gasteiger partial charge in [-0.25, -0.2) is 0 Å². The first-order valence-corrected chi connectivity index (χ1v) is 3.93. The van der Waals surface area contributed by atoms with E-state index in [1.165, 1.54) is 0 Å². The minimum absolute atomic E-state index is 0.196. The smallest absolute Gasteiger partial charge is 0.228 e. The molecular weight excluding hydrogens is 140 g/mol. The van der Waals surface area contributed by atoms with Crippen LogP contribution in [0.4, 0.5) is 0 Å². The van der Waals surface area contributed by atoms with Crippen LogP contribution < -0.4 is 5.32 Å². The maximum Gasteiger partial charge on any atom is 0.228 e. The van der Waals surface area contributed by atoms with Crippen molar-refractivity contribution in [3.05, 3.63) is 12.4 Å². The predicted octanol–water partition coefficient (Wildman–Crippen LogP) is 0.688. The van der Waals surface area contributed by atoms with Gasteiger partial charge in [-0.05, 0) is 13.8 Å². The molecule has 1 rings (SSSR count). The average Bonchev–Trinajstić information content (AvgIpc) is 2.13. The van der Waals surface area contributed by atoms with Crippen LogP contribution in [0.3, 0.4) is 0 Å². The van der Waals surface area contributed by atoms with Crippen LogP contribution in [0.2, 0.25) is 0 Å². The van der Waals surface area contributed by atoms with Gasteiger partial charge in [0.05, 0.1) is 0 Å². The molecule has 0 atom stereocenters. The Morgan fingerprint density at radius 2 is 2.36 bits per heavy atom. The standard InChI is InChI=1S/C8H14N2O/c1-7(2)10-6-5-9-4-3-8(10)11/h5-7,9H,3-4H2,1-2H3. The zero-order chi connectivity index (χ0) is 8.27. The summed E-state index contributed by atoms with van der Waals surface area (Å²) in [7, 11) is 0. The van der Waals surface area contributed by atoms with Gasteiger partial charge in [-0.3, -0.25) is 4.79 Å². The highest BCUT2D eigenvalue weighted by Crippen LogP contribution is 2.03. The van der Waals surface area contributed by atoms with Crippen LogP contribution in [-0.2, 0) is 4.79 Å². The maximum atomic E-state index is 11.3. The van der Waals surface area contributed by atoms with Gasteiger partial charge in [-0.15, -0.1) is 0 Å². The van der Waals surface area contributed by atoms with Gasteiger partial charge in [0, 0.05) is 31.4 Å². The lowest BCUT2D eigenvalue weighted by Crippen LogP contribution is -2.31. The summed E-state index contributed by atoms with van der Waals surface area (Å²) < 4.78 is 0. The van der Waals surface area contributed by atoms with Gasteiger partial charge in [-0.2, -0.15) is 0 Å². The monoisotopic (exact) mass is 154 g/mol. The van der Waals surface area contributed by atoms with E-state index in [1.54, 1.807) is 11.1 Å². The van der Waals surface area contributed by atoms with Crippen molar-refractivity contribution < 1.29 is 4.79 Å². The average molecular weight is 154 g/mol. The number of carbonyl (C=O) groups is 1. The van der Waals surface area contributed by atoms with Crippen LogP contribution in [0.25, 0.3) is 0 Å². The molecule has 0 saturated heterocycles. The minimum Gasteiger partial charge on any atom is -0.389 e. The molecule has 62 valence electrons. The molecule has 0 spiro atoms. The molecule has 0 aromatic rings. The van der Waals surface area contributed by atoms with Crippen LogP contribution in [0.15, 0.2) is 12.4 Å². The molecule has 1 heterocycles. The topological polar surface area (TPSA) is 32.3 Å². The number of hydrogen-bond donors (Lipinski definition) is 1. The summed E-state index contributed by atoms with van der Waals surface area (Å²) in [5, 5.41) is 3.02. The third-order valence-electron chi connectivity index (χ3n) is 1.68. The number of carbonyl (C=O) groups excluding carboxylic acids is 1. The quantitative estimate of drug-likeness (QED) is 0.602. The van der Waals surface area contributed by atoms with E-state index in [-0.39, 0.29) is 11.9 Å². The van der Waals surface area contributed by atoms with Crippen LogP contribution >= 0.6 is 0 Å². The Hall–Kier alpha value is -0.990. The normalized spacial score (nSPS) is 18.5. The second-order valence-corrected chi connectivity index (χ2v) is 2.91. The molecule has 11 heavy (non-hydrogen) atoms. The number of amides is 1. The Labute approximate surface area is 67.1 Å². The van der Waals surface area contributed by atoms with E-state index in [2.05, 4.69) is 5.32 Å². The fourth-order valence-electron chi connectivity index (χ4n) is 1.07. The second kappa shape index (κ2) is 3.42. The number of rotatable bonds is 1. The lowest BCUT2D eigenvalue weighted by atomic mass is 10.3. The third kappa shape index (κ3) is 1.97. The molecule has 0 saturated carbocycles. The SMILES string of the molecule is CC(C)N1C=CNCCC1=O. The van der Waals surface area contributed by atoms with Crippen LogP contribution in [0, 0.1) is 0 Å². The largest absolute Gasteiger partial charge is 0.389 e. The zero-order valence-electron chi connectivity index (χ0n) is 7.00. The van der Waals surface area contributed by atoms with Crippen molar-refractivity contribution >= 4 is 5.91 Å². The van der Waals surface area contributed by atoms with Gasteiger partial charge in [-0.1, -0.05) is 0 Å². The molecule has 1 aliphatic heterocycles. The second-order valence-electron chi connectivity index (χ2n) is 2.91. The van der Waals surface area contributed by atoms with Crippen LogP contribution in [0.1, 0.15) is 20.3 Å². The minimum atomic E-state index is 0.196. The number of nitrogens with zero attached hydrogens (tertiary/aromatic N) is 1. The van der Waals surface area contributed by atoms with Crippen LogP contribution in [-0.4, -0.2) is 23.4 Å². The van der Waals surface area contributed by atoms with Gasteiger partial charge in [0.1, 0.15) is 0 Å². The van der Waals surface area contributed by atoms with Crippen molar-refractivity contribution in [3.63, 3.8) is 0 Å². The van der Waals surface area contributed by atoms with Crippen molar-refractivity contribution in [2.75, 3.05) is 6.54 Å². The fraction of sp³-hybridized carbons (Fsp3) is 0.625. The highest BCUT2D eigenvalue weighted by atomic mass is 16.2. The molecule has 1 aliphatic rings. The molecule has 3 heteroatoms. The molecule has 0 fully saturated rings. The van der Waals surface area contributed by atoms with Crippen molar-refractivity contribution in [2.45, 2.75) is 26.3 Å². The fourth-order valence-corrected chi connectivity index (χ4v) is 1.07. The van der Waals surface area contributed by atoms with Gasteiger partial charge in [0.2, 0.25) is 5.91 Å². The van der Waals surface area contributed by atoms with E-state index in [0.29, 0.717) is 6.42 Å². The van der Waals surface area contributed by atoms with E-state index in [4.69, 9.17) is 0 Å². The van der Waals surface area contributed by atoms with Crippen molar-refractivity contribution in [2.24, 2.45) is 0 Å². The summed E-state index contributed by atoms with van der Waals surface area (Å²) >= 11 is 0.